The molecule has 0 atom stereocenters. The molecular formula is C21H22FIN4O4. The quantitative estimate of drug-likeness (QED) is 0.468. The molecule has 0 bridgehead atoms. The van der Waals surface area contributed by atoms with Crippen molar-refractivity contribution in [3.05, 3.63) is 45.0 Å². The summed E-state index contributed by atoms with van der Waals surface area (Å²) in [4.78, 5) is 29.1. The molecule has 0 spiro atoms. The molecule has 0 aliphatic carbocycles. The van der Waals surface area contributed by atoms with Gasteiger partial charge in [0.15, 0.2) is 0 Å². The van der Waals surface area contributed by atoms with Gasteiger partial charge in [0.05, 0.1) is 11.9 Å². The first-order valence-electron chi connectivity index (χ1n) is 9.38. The molecule has 164 valence electrons. The molecule has 10 heteroatoms. The second kappa shape index (κ2) is 8.40. The van der Waals surface area contributed by atoms with E-state index in [1.807, 2.05) is 22.6 Å². The summed E-state index contributed by atoms with van der Waals surface area (Å²) in [5, 5.41) is 13.8. The molecule has 3 rings (SSSR count). The fraction of sp³-hybridized carbons (Fsp3) is 0.333. The van der Waals surface area contributed by atoms with Crippen LogP contribution in [-0.4, -0.2) is 49.6 Å². The number of carbonyl (C=O) groups is 2. The van der Waals surface area contributed by atoms with Crippen molar-refractivity contribution in [2.24, 2.45) is 0 Å². The first-order valence-corrected chi connectivity index (χ1v) is 10.5. The minimum Gasteiger partial charge on any atom is -0.463 e. The molecule has 2 aromatic heterocycles. The zero-order valence-corrected chi connectivity index (χ0v) is 19.9. The van der Waals surface area contributed by atoms with Crippen molar-refractivity contribution in [1.82, 2.24) is 19.7 Å². The first-order chi connectivity index (χ1) is 14.4. The minimum atomic E-state index is -1.22. The van der Waals surface area contributed by atoms with Gasteiger partial charge in [0.1, 0.15) is 20.6 Å². The number of fused-ring (bicyclic) bond motifs is 1. The van der Waals surface area contributed by atoms with Crippen LogP contribution in [-0.2, 0) is 11.3 Å². The van der Waals surface area contributed by atoms with Crippen LogP contribution in [0.4, 0.5) is 14.0 Å². The van der Waals surface area contributed by atoms with Crippen molar-refractivity contribution in [2.75, 3.05) is 7.05 Å². The van der Waals surface area contributed by atoms with Crippen LogP contribution in [0.25, 0.3) is 22.2 Å². The van der Waals surface area contributed by atoms with Gasteiger partial charge >= 0.3 is 12.2 Å². The van der Waals surface area contributed by atoms with Gasteiger partial charge in [0, 0.05) is 24.5 Å². The van der Waals surface area contributed by atoms with E-state index in [0.717, 1.165) is 4.68 Å². The van der Waals surface area contributed by atoms with E-state index in [1.165, 1.54) is 17.2 Å². The lowest BCUT2D eigenvalue weighted by atomic mass is 10.0. The number of benzene rings is 1. The summed E-state index contributed by atoms with van der Waals surface area (Å²) in [5.41, 5.74) is 1.64. The summed E-state index contributed by atoms with van der Waals surface area (Å²) in [6.07, 6.45) is -0.341. The Morgan fingerprint density at radius 2 is 1.97 bits per heavy atom. The molecule has 0 saturated carbocycles. The van der Waals surface area contributed by atoms with Crippen molar-refractivity contribution >= 4 is 45.7 Å². The maximum Gasteiger partial charge on any atom is 0.432 e. The normalized spacial score (nSPS) is 11.6. The van der Waals surface area contributed by atoms with Crippen LogP contribution in [0.3, 0.4) is 0 Å². The fourth-order valence-corrected chi connectivity index (χ4v) is 3.82. The molecular weight excluding hydrogens is 518 g/mol. The number of aryl methyl sites for hydroxylation is 1. The number of carbonyl (C=O) groups excluding carboxylic acids is 1. The van der Waals surface area contributed by atoms with E-state index in [2.05, 4.69) is 10.1 Å². The fourth-order valence-electron chi connectivity index (χ4n) is 3.17. The molecule has 31 heavy (non-hydrogen) atoms. The average Bonchev–Trinajstić information content (AvgIpc) is 2.96. The van der Waals surface area contributed by atoms with Crippen LogP contribution in [0.2, 0.25) is 0 Å². The van der Waals surface area contributed by atoms with Gasteiger partial charge in [-0.15, -0.1) is 0 Å². The SMILES string of the molecule is Cc1cc(CN(C)C(=O)OC(C)(C)C)cc(F)c1-c1cc2c(I)nn(C(=O)O)c2cn1. The number of amides is 1. The van der Waals surface area contributed by atoms with Gasteiger partial charge in [0.25, 0.3) is 0 Å². The summed E-state index contributed by atoms with van der Waals surface area (Å²) in [5.74, 6) is -0.486. The summed E-state index contributed by atoms with van der Waals surface area (Å²) < 4.78 is 21.7. The van der Waals surface area contributed by atoms with E-state index in [1.54, 1.807) is 46.9 Å². The van der Waals surface area contributed by atoms with Crippen molar-refractivity contribution in [1.29, 1.82) is 0 Å². The van der Waals surface area contributed by atoms with E-state index in [0.29, 0.717) is 37.0 Å². The highest BCUT2D eigenvalue weighted by molar-refractivity contribution is 14.1. The zero-order valence-electron chi connectivity index (χ0n) is 17.7. The van der Waals surface area contributed by atoms with E-state index in [9.17, 15) is 14.7 Å². The van der Waals surface area contributed by atoms with Gasteiger partial charge in [-0.25, -0.2) is 14.0 Å². The maximum atomic E-state index is 15.1. The monoisotopic (exact) mass is 540 g/mol. The maximum absolute atomic E-state index is 15.1. The number of carboxylic acid groups (broad SMARTS) is 1. The summed E-state index contributed by atoms with van der Waals surface area (Å²) in [6.45, 7) is 7.28. The number of aromatic nitrogens is 3. The van der Waals surface area contributed by atoms with Gasteiger partial charge in [-0.2, -0.15) is 9.78 Å². The van der Waals surface area contributed by atoms with Crippen LogP contribution < -0.4 is 0 Å². The predicted molar refractivity (Wildman–Crippen MR) is 121 cm³/mol. The largest absolute Gasteiger partial charge is 0.463 e. The molecule has 2 heterocycles. The van der Waals surface area contributed by atoms with Gasteiger partial charge < -0.3 is 14.7 Å². The number of hydrogen-bond donors (Lipinski definition) is 1. The van der Waals surface area contributed by atoms with Crippen molar-refractivity contribution in [3.63, 3.8) is 0 Å². The van der Waals surface area contributed by atoms with Crippen LogP contribution in [0, 0.1) is 16.4 Å². The average molecular weight is 540 g/mol. The molecule has 3 aromatic rings. The first kappa shape index (κ1) is 22.9. The Balaban J connectivity index is 1.93. The Bertz CT molecular complexity index is 1160. The van der Waals surface area contributed by atoms with Gasteiger partial charge in [-0.05, 0) is 73.5 Å². The number of hydrogen-bond acceptors (Lipinski definition) is 5. The van der Waals surface area contributed by atoms with Gasteiger partial charge in [-0.3, -0.25) is 4.98 Å². The van der Waals surface area contributed by atoms with E-state index >= 15 is 4.39 Å². The number of ether oxygens (including phenoxy) is 1. The minimum absolute atomic E-state index is 0.183. The lowest BCUT2D eigenvalue weighted by molar-refractivity contribution is 0.0285. The van der Waals surface area contributed by atoms with Crippen molar-refractivity contribution in [3.8, 4) is 11.3 Å². The van der Waals surface area contributed by atoms with Gasteiger partial charge in [-0.1, -0.05) is 6.07 Å². The molecule has 0 aliphatic heterocycles. The molecule has 0 radical (unpaired) electrons. The topological polar surface area (TPSA) is 97.6 Å². The highest BCUT2D eigenvalue weighted by Crippen LogP contribution is 2.30. The summed E-state index contributed by atoms with van der Waals surface area (Å²) >= 11 is 1.93. The smallest absolute Gasteiger partial charge is 0.432 e. The molecule has 0 fully saturated rings. The number of halogens is 2. The zero-order chi connectivity index (χ0) is 23.1. The molecule has 0 unspecified atom stereocenters. The number of pyridine rings is 1. The van der Waals surface area contributed by atoms with Gasteiger partial charge in [0.2, 0.25) is 0 Å². The highest BCUT2D eigenvalue weighted by Gasteiger charge is 2.21. The molecule has 1 aromatic carbocycles. The van der Waals surface area contributed by atoms with Crippen LogP contribution in [0.1, 0.15) is 31.9 Å². The third-order valence-corrected chi connectivity index (χ3v) is 5.23. The molecule has 1 amide bonds. The Hall–Kier alpha value is -2.76. The number of nitrogens with zero attached hydrogens (tertiary/aromatic N) is 4. The predicted octanol–water partition coefficient (Wildman–Crippen LogP) is 5.04. The Kier molecular flexibility index (Phi) is 6.21. The molecule has 1 N–H and O–H groups in total. The van der Waals surface area contributed by atoms with Crippen molar-refractivity contribution < 1.29 is 23.8 Å². The third kappa shape index (κ3) is 4.94. The summed E-state index contributed by atoms with van der Waals surface area (Å²) in [6, 6.07) is 4.78. The van der Waals surface area contributed by atoms with E-state index in [4.69, 9.17) is 4.74 Å². The second-order valence-corrected chi connectivity index (χ2v) is 9.20. The lowest BCUT2D eigenvalue weighted by Crippen LogP contribution is -2.33. The standard InChI is InChI=1S/C21H22FIN4O4/c1-11-6-12(10-26(5)20(30)31-21(2,3)4)7-14(22)17(11)15-8-13-16(9-24-15)27(19(28)29)25-18(13)23/h6-9H,10H2,1-5H3,(H,28,29). The van der Waals surface area contributed by atoms with Crippen LogP contribution in [0.15, 0.2) is 24.4 Å². The van der Waals surface area contributed by atoms with Crippen LogP contribution >= 0.6 is 22.6 Å². The van der Waals surface area contributed by atoms with Crippen molar-refractivity contribution in [2.45, 2.75) is 39.8 Å². The Labute approximate surface area is 192 Å². The lowest BCUT2D eigenvalue weighted by Gasteiger charge is -2.25. The Morgan fingerprint density at radius 1 is 1.29 bits per heavy atom. The highest BCUT2D eigenvalue weighted by atomic mass is 127. The number of rotatable bonds is 3. The van der Waals surface area contributed by atoms with E-state index in [-0.39, 0.29) is 6.54 Å². The molecule has 0 saturated heterocycles. The van der Waals surface area contributed by atoms with E-state index < -0.39 is 23.6 Å². The third-order valence-electron chi connectivity index (χ3n) is 4.43. The second-order valence-electron chi connectivity index (χ2n) is 8.18. The Morgan fingerprint density at radius 3 is 2.55 bits per heavy atom. The van der Waals surface area contributed by atoms with Crippen LogP contribution in [0.5, 0.6) is 0 Å². The molecule has 0 aliphatic rings. The summed E-state index contributed by atoms with van der Waals surface area (Å²) in [7, 11) is 1.59. The molecule has 8 nitrogen and oxygen atoms in total.